The Morgan fingerprint density at radius 1 is 1.62 bits per heavy atom. The lowest BCUT2D eigenvalue weighted by atomic mass is 10.2. The first kappa shape index (κ1) is 11.2. The van der Waals surface area contributed by atoms with Gasteiger partial charge in [-0.05, 0) is 12.1 Å². The number of hydrogen-bond acceptors (Lipinski definition) is 4. The molecular formula is C11H16N2O3. The van der Waals surface area contributed by atoms with E-state index in [4.69, 9.17) is 9.15 Å². The number of rotatable bonds is 4. The third-order valence-electron chi connectivity index (χ3n) is 2.47. The normalized spacial score (nSPS) is 20.6. The summed E-state index contributed by atoms with van der Waals surface area (Å²) in [6.07, 6.45) is 2.04. The molecule has 88 valence electrons. The van der Waals surface area contributed by atoms with Gasteiger partial charge >= 0.3 is 0 Å². The quantitative estimate of drug-likeness (QED) is 0.770. The summed E-state index contributed by atoms with van der Waals surface area (Å²) < 4.78 is 10.4. The molecule has 1 aliphatic heterocycles. The van der Waals surface area contributed by atoms with E-state index in [1.807, 2.05) is 6.07 Å². The average Bonchev–Trinajstić information content (AvgIpc) is 2.81. The molecule has 0 radical (unpaired) electrons. The highest BCUT2D eigenvalue weighted by molar-refractivity contribution is 5.76. The molecule has 1 aromatic heterocycles. The first-order valence-corrected chi connectivity index (χ1v) is 5.45. The summed E-state index contributed by atoms with van der Waals surface area (Å²) in [6, 6.07) is 3.77. The van der Waals surface area contributed by atoms with Crippen LogP contribution >= 0.6 is 0 Å². The van der Waals surface area contributed by atoms with Crippen molar-refractivity contribution in [2.45, 2.75) is 19.0 Å². The van der Waals surface area contributed by atoms with E-state index in [0.717, 1.165) is 18.9 Å². The maximum Gasteiger partial charge on any atom is 0.222 e. The molecular weight excluding hydrogens is 208 g/mol. The van der Waals surface area contributed by atoms with Gasteiger partial charge in [0.05, 0.1) is 26.0 Å². The minimum absolute atomic E-state index is 0.0133. The molecule has 0 bridgehead atoms. The first-order chi connectivity index (χ1) is 7.84. The van der Waals surface area contributed by atoms with E-state index in [1.165, 1.54) is 0 Å². The summed E-state index contributed by atoms with van der Waals surface area (Å²) in [7, 11) is 0. The van der Waals surface area contributed by atoms with Gasteiger partial charge in [0.2, 0.25) is 5.91 Å². The molecule has 16 heavy (non-hydrogen) atoms. The molecule has 5 nitrogen and oxygen atoms in total. The second-order valence-corrected chi connectivity index (χ2v) is 3.79. The number of carbonyl (C=O) groups is 1. The number of morpholine rings is 1. The molecule has 1 amide bonds. The fraction of sp³-hybridized carbons (Fsp3) is 0.545. The molecule has 1 aliphatic rings. The molecule has 1 unspecified atom stereocenters. The van der Waals surface area contributed by atoms with Gasteiger partial charge in [-0.15, -0.1) is 0 Å². The summed E-state index contributed by atoms with van der Waals surface area (Å²) in [5, 5.41) is 6.04. The van der Waals surface area contributed by atoms with Crippen molar-refractivity contribution in [3.63, 3.8) is 0 Å². The van der Waals surface area contributed by atoms with Gasteiger partial charge in [-0.25, -0.2) is 0 Å². The second-order valence-electron chi connectivity index (χ2n) is 3.79. The van der Waals surface area contributed by atoms with Gasteiger partial charge in [-0.2, -0.15) is 0 Å². The Morgan fingerprint density at radius 3 is 3.25 bits per heavy atom. The van der Waals surface area contributed by atoms with Gasteiger partial charge in [0.1, 0.15) is 5.76 Å². The number of nitrogens with one attached hydrogen (secondary N) is 2. The highest BCUT2D eigenvalue weighted by atomic mass is 16.5. The Hall–Kier alpha value is -1.33. The van der Waals surface area contributed by atoms with E-state index >= 15 is 0 Å². The fourth-order valence-electron chi connectivity index (χ4n) is 1.65. The molecule has 5 heteroatoms. The van der Waals surface area contributed by atoms with Crippen LogP contribution in [0.4, 0.5) is 0 Å². The molecule has 0 aromatic carbocycles. The molecule has 0 saturated carbocycles. The van der Waals surface area contributed by atoms with Gasteiger partial charge in [-0.3, -0.25) is 4.79 Å². The molecule has 1 saturated heterocycles. The Bertz CT molecular complexity index is 318. The van der Waals surface area contributed by atoms with E-state index in [-0.39, 0.29) is 11.9 Å². The predicted octanol–water partition coefficient (Wildman–Crippen LogP) is 0.274. The summed E-state index contributed by atoms with van der Waals surface area (Å²) in [5.74, 6) is 0.778. The van der Waals surface area contributed by atoms with Crippen molar-refractivity contribution in [2.24, 2.45) is 0 Å². The zero-order valence-corrected chi connectivity index (χ0v) is 9.07. The van der Waals surface area contributed by atoms with E-state index in [2.05, 4.69) is 10.6 Å². The van der Waals surface area contributed by atoms with E-state index in [0.29, 0.717) is 19.6 Å². The molecule has 1 aromatic rings. The largest absolute Gasteiger partial charge is 0.467 e. The molecule has 2 rings (SSSR count). The number of hydrogen-bond donors (Lipinski definition) is 2. The van der Waals surface area contributed by atoms with Crippen LogP contribution in [0.2, 0.25) is 0 Å². The number of carbonyl (C=O) groups excluding carboxylic acids is 1. The number of furan rings is 1. The fourth-order valence-corrected chi connectivity index (χ4v) is 1.65. The van der Waals surface area contributed by atoms with Crippen LogP contribution in [0, 0.1) is 0 Å². The molecule has 2 heterocycles. The van der Waals surface area contributed by atoms with Crippen molar-refractivity contribution in [1.29, 1.82) is 0 Å². The third-order valence-corrected chi connectivity index (χ3v) is 2.47. The summed E-state index contributed by atoms with van der Waals surface area (Å²) >= 11 is 0. The third kappa shape index (κ3) is 3.36. The van der Waals surface area contributed by atoms with Crippen LogP contribution < -0.4 is 10.6 Å². The van der Waals surface area contributed by atoms with E-state index < -0.39 is 0 Å². The van der Waals surface area contributed by atoms with Crippen LogP contribution in [-0.4, -0.2) is 31.7 Å². The van der Waals surface area contributed by atoms with Gasteiger partial charge in [0.15, 0.2) is 0 Å². The zero-order chi connectivity index (χ0) is 11.2. The Labute approximate surface area is 94.1 Å². The topological polar surface area (TPSA) is 63.5 Å². The van der Waals surface area contributed by atoms with E-state index in [1.54, 1.807) is 12.3 Å². The van der Waals surface area contributed by atoms with Crippen LogP contribution in [-0.2, 0) is 16.1 Å². The Morgan fingerprint density at radius 2 is 2.56 bits per heavy atom. The summed E-state index contributed by atoms with van der Waals surface area (Å²) in [4.78, 5) is 11.6. The SMILES string of the molecule is O=C(CC1COCCN1)NCc1ccco1. The van der Waals surface area contributed by atoms with Crippen molar-refractivity contribution >= 4 is 5.91 Å². The smallest absolute Gasteiger partial charge is 0.222 e. The minimum atomic E-state index is 0.0133. The standard InChI is InChI=1S/C11H16N2O3/c14-11(6-9-8-15-5-3-12-9)13-7-10-2-1-4-16-10/h1-2,4,9,12H,3,5-8H2,(H,13,14). The van der Waals surface area contributed by atoms with Gasteiger partial charge in [-0.1, -0.05) is 0 Å². The highest BCUT2D eigenvalue weighted by Crippen LogP contribution is 2.01. The monoisotopic (exact) mass is 224 g/mol. The number of ether oxygens (including phenoxy) is 1. The highest BCUT2D eigenvalue weighted by Gasteiger charge is 2.16. The van der Waals surface area contributed by atoms with Gasteiger partial charge < -0.3 is 19.8 Å². The van der Waals surface area contributed by atoms with Crippen molar-refractivity contribution in [2.75, 3.05) is 19.8 Å². The van der Waals surface area contributed by atoms with Crippen LogP contribution in [0.3, 0.4) is 0 Å². The van der Waals surface area contributed by atoms with Crippen LogP contribution in [0.5, 0.6) is 0 Å². The van der Waals surface area contributed by atoms with Crippen LogP contribution in [0.1, 0.15) is 12.2 Å². The van der Waals surface area contributed by atoms with Crippen molar-refractivity contribution in [3.8, 4) is 0 Å². The van der Waals surface area contributed by atoms with Crippen LogP contribution in [0.25, 0.3) is 0 Å². The Balaban J connectivity index is 1.67. The van der Waals surface area contributed by atoms with Crippen molar-refractivity contribution < 1.29 is 13.9 Å². The lowest BCUT2D eigenvalue weighted by Gasteiger charge is -2.23. The molecule has 2 N–H and O–H groups in total. The lowest BCUT2D eigenvalue weighted by molar-refractivity contribution is -0.122. The maximum atomic E-state index is 11.6. The summed E-state index contributed by atoms with van der Waals surface area (Å²) in [5.41, 5.74) is 0. The zero-order valence-electron chi connectivity index (χ0n) is 9.07. The number of amides is 1. The van der Waals surface area contributed by atoms with Crippen molar-refractivity contribution in [3.05, 3.63) is 24.2 Å². The first-order valence-electron chi connectivity index (χ1n) is 5.45. The predicted molar refractivity (Wildman–Crippen MR) is 57.8 cm³/mol. The van der Waals surface area contributed by atoms with E-state index in [9.17, 15) is 4.79 Å². The molecule has 0 spiro atoms. The molecule has 1 fully saturated rings. The van der Waals surface area contributed by atoms with Crippen molar-refractivity contribution in [1.82, 2.24) is 10.6 Å². The summed E-state index contributed by atoms with van der Waals surface area (Å²) in [6.45, 7) is 2.59. The minimum Gasteiger partial charge on any atom is -0.467 e. The maximum absolute atomic E-state index is 11.6. The lowest BCUT2D eigenvalue weighted by Crippen LogP contribution is -2.44. The van der Waals surface area contributed by atoms with Gasteiger partial charge in [0, 0.05) is 19.0 Å². The molecule has 1 atom stereocenters. The van der Waals surface area contributed by atoms with Gasteiger partial charge in [0.25, 0.3) is 0 Å². The van der Waals surface area contributed by atoms with Crippen LogP contribution in [0.15, 0.2) is 22.8 Å². The molecule has 0 aliphatic carbocycles. The Kier molecular flexibility index (Phi) is 3.96. The average molecular weight is 224 g/mol. The second kappa shape index (κ2) is 5.67.